The van der Waals surface area contributed by atoms with Gasteiger partial charge in [0.05, 0.1) is 11.0 Å². The summed E-state index contributed by atoms with van der Waals surface area (Å²) >= 11 is 1.51. The molecule has 0 radical (unpaired) electrons. The Bertz CT molecular complexity index is 1040. The zero-order valence-corrected chi connectivity index (χ0v) is 17.7. The van der Waals surface area contributed by atoms with Crippen LogP contribution in [0.3, 0.4) is 0 Å². The minimum Gasteiger partial charge on any atom is -0.325 e. The van der Waals surface area contributed by atoms with Gasteiger partial charge >= 0.3 is 6.03 Å². The lowest BCUT2D eigenvalue weighted by Gasteiger charge is -2.32. The van der Waals surface area contributed by atoms with Crippen LogP contribution in [0.25, 0.3) is 11.0 Å². The van der Waals surface area contributed by atoms with Crippen LogP contribution in [0, 0.1) is 0 Å². The first kappa shape index (κ1) is 18.5. The average molecular weight is 411 g/mol. The molecule has 2 amide bonds. The number of para-hydroxylation sites is 2. The summed E-state index contributed by atoms with van der Waals surface area (Å²) < 4.78 is 2.33. The predicted octanol–water partition coefficient (Wildman–Crippen LogP) is 4.76. The third-order valence-corrected chi connectivity index (χ3v) is 6.80. The highest BCUT2D eigenvalue weighted by atomic mass is 32.1. The topological polar surface area (TPSA) is 75.9 Å². The minimum absolute atomic E-state index is 0.0830. The van der Waals surface area contributed by atoms with Crippen LogP contribution in [0.1, 0.15) is 68.2 Å². The Hall–Kier alpha value is -2.48. The minimum atomic E-state index is -0.0830. The molecule has 8 heteroatoms. The van der Waals surface area contributed by atoms with E-state index in [9.17, 15) is 4.79 Å². The van der Waals surface area contributed by atoms with E-state index in [1.807, 2.05) is 11.0 Å². The molecule has 29 heavy (non-hydrogen) atoms. The second-order valence-electron chi connectivity index (χ2n) is 8.36. The number of carbonyl (C=O) groups excluding carboxylic acids is 1. The second-order valence-corrected chi connectivity index (χ2v) is 9.37. The van der Waals surface area contributed by atoms with E-state index in [1.54, 1.807) is 0 Å². The van der Waals surface area contributed by atoms with Gasteiger partial charge in [0.1, 0.15) is 10.8 Å². The Morgan fingerprint density at radius 3 is 2.79 bits per heavy atom. The smallest absolute Gasteiger partial charge is 0.323 e. The van der Waals surface area contributed by atoms with Crippen LogP contribution in [0.15, 0.2) is 24.3 Å². The quantitative estimate of drug-likeness (QED) is 0.673. The molecule has 0 spiro atoms. The molecule has 3 heterocycles. The first-order valence-electron chi connectivity index (χ1n) is 10.5. The number of anilines is 1. The van der Waals surface area contributed by atoms with E-state index in [1.165, 1.54) is 29.7 Å². The SMILES string of the molecule is CC(C)n1c([C@@H]2CCCN(C(=O)Nc3nnc(C4CC4)s3)C2)nc2ccccc21. The van der Waals surface area contributed by atoms with Gasteiger partial charge in [-0.2, -0.15) is 0 Å². The third kappa shape index (κ3) is 3.61. The third-order valence-electron chi connectivity index (χ3n) is 5.79. The molecule has 1 N–H and O–H groups in total. The van der Waals surface area contributed by atoms with Crippen LogP contribution in [0.2, 0.25) is 0 Å². The van der Waals surface area contributed by atoms with Gasteiger partial charge in [0.2, 0.25) is 5.13 Å². The molecule has 1 aliphatic heterocycles. The standard InChI is InChI=1S/C21H26N6OS/c1-13(2)27-17-8-4-3-7-16(17)22-18(27)15-6-5-11-26(12-15)21(28)23-20-25-24-19(29-20)14-9-10-14/h3-4,7-8,13-15H,5-6,9-12H2,1-2H3,(H,23,25,28)/t15-/m1/s1. The number of fused-ring (bicyclic) bond motifs is 1. The molecule has 1 saturated heterocycles. The Kier molecular flexibility index (Phi) is 4.73. The number of amides is 2. The zero-order chi connectivity index (χ0) is 20.0. The van der Waals surface area contributed by atoms with E-state index in [2.05, 4.69) is 52.1 Å². The monoisotopic (exact) mass is 410 g/mol. The lowest BCUT2D eigenvalue weighted by atomic mass is 9.97. The van der Waals surface area contributed by atoms with E-state index in [4.69, 9.17) is 4.98 Å². The van der Waals surface area contributed by atoms with Crippen LogP contribution < -0.4 is 5.32 Å². The maximum Gasteiger partial charge on any atom is 0.323 e. The molecule has 1 saturated carbocycles. The highest BCUT2D eigenvalue weighted by Gasteiger charge is 2.31. The molecule has 0 bridgehead atoms. The van der Waals surface area contributed by atoms with Gasteiger partial charge in [-0.15, -0.1) is 10.2 Å². The van der Waals surface area contributed by atoms with Crippen molar-refractivity contribution in [1.29, 1.82) is 0 Å². The summed E-state index contributed by atoms with van der Waals surface area (Å²) in [4.78, 5) is 19.7. The number of likely N-dealkylation sites (tertiary alicyclic amines) is 1. The van der Waals surface area contributed by atoms with Crippen LogP contribution in [-0.2, 0) is 0 Å². The van der Waals surface area contributed by atoms with Gasteiger partial charge in [0.15, 0.2) is 0 Å². The van der Waals surface area contributed by atoms with Gasteiger partial charge in [-0.1, -0.05) is 23.5 Å². The van der Waals surface area contributed by atoms with Crippen LogP contribution in [-0.4, -0.2) is 43.8 Å². The van der Waals surface area contributed by atoms with Gasteiger partial charge in [-0.05, 0) is 51.7 Å². The van der Waals surface area contributed by atoms with Gasteiger partial charge in [0, 0.05) is 31.0 Å². The van der Waals surface area contributed by atoms with Crippen molar-refractivity contribution in [1.82, 2.24) is 24.6 Å². The average Bonchev–Trinajstić information content (AvgIpc) is 3.34. The Balaban J connectivity index is 1.34. The van der Waals surface area contributed by atoms with Crippen LogP contribution in [0.4, 0.5) is 9.93 Å². The van der Waals surface area contributed by atoms with Gasteiger partial charge in [-0.25, -0.2) is 9.78 Å². The lowest BCUT2D eigenvalue weighted by molar-refractivity contribution is 0.190. The highest BCUT2D eigenvalue weighted by molar-refractivity contribution is 7.15. The van der Waals surface area contributed by atoms with Crippen molar-refractivity contribution in [2.75, 3.05) is 18.4 Å². The number of rotatable bonds is 4. The summed E-state index contributed by atoms with van der Waals surface area (Å²) in [6, 6.07) is 8.53. The number of hydrogen-bond donors (Lipinski definition) is 1. The number of carbonyl (C=O) groups is 1. The molecule has 7 nitrogen and oxygen atoms in total. The summed E-state index contributed by atoms with van der Waals surface area (Å²) in [5.74, 6) is 1.88. The molecule has 0 unspecified atom stereocenters. The Labute approximate surface area is 174 Å². The maximum atomic E-state index is 12.9. The first-order valence-corrected chi connectivity index (χ1v) is 11.3. The number of benzene rings is 1. The zero-order valence-electron chi connectivity index (χ0n) is 16.8. The molecule has 3 aromatic rings. The molecule has 1 atom stereocenters. The molecule has 1 aromatic carbocycles. The first-order chi connectivity index (χ1) is 14.1. The van der Waals surface area contributed by atoms with Gasteiger partial charge < -0.3 is 9.47 Å². The Morgan fingerprint density at radius 1 is 1.17 bits per heavy atom. The van der Waals surface area contributed by atoms with Crippen molar-refractivity contribution in [3.8, 4) is 0 Å². The lowest BCUT2D eigenvalue weighted by Crippen LogP contribution is -2.42. The molecule has 152 valence electrons. The molecule has 2 fully saturated rings. The number of nitrogens with one attached hydrogen (secondary N) is 1. The highest BCUT2D eigenvalue weighted by Crippen LogP contribution is 2.42. The number of piperidine rings is 1. The molecular weight excluding hydrogens is 384 g/mol. The summed E-state index contributed by atoms with van der Waals surface area (Å²) in [5.41, 5.74) is 2.19. The summed E-state index contributed by atoms with van der Waals surface area (Å²) in [7, 11) is 0. The van der Waals surface area contributed by atoms with Gasteiger partial charge in [0.25, 0.3) is 0 Å². The number of hydrogen-bond acceptors (Lipinski definition) is 5. The van der Waals surface area contributed by atoms with Crippen molar-refractivity contribution < 1.29 is 4.79 Å². The molecule has 5 rings (SSSR count). The van der Waals surface area contributed by atoms with E-state index in [0.29, 0.717) is 23.6 Å². The maximum absolute atomic E-state index is 12.9. The fourth-order valence-electron chi connectivity index (χ4n) is 4.22. The van der Waals surface area contributed by atoms with E-state index in [-0.39, 0.29) is 11.9 Å². The van der Waals surface area contributed by atoms with Crippen molar-refractivity contribution in [2.45, 2.75) is 57.4 Å². The largest absolute Gasteiger partial charge is 0.325 e. The van der Waals surface area contributed by atoms with E-state index in [0.717, 1.165) is 35.7 Å². The number of imidazole rings is 1. The summed E-state index contributed by atoms with van der Waals surface area (Å²) in [6.45, 7) is 5.82. The molecule has 2 aliphatic rings. The van der Waals surface area contributed by atoms with Crippen molar-refractivity contribution >= 4 is 33.5 Å². The van der Waals surface area contributed by atoms with E-state index < -0.39 is 0 Å². The number of urea groups is 1. The normalized spacial score (nSPS) is 19.8. The van der Waals surface area contributed by atoms with Crippen molar-refractivity contribution in [2.24, 2.45) is 0 Å². The predicted molar refractivity (Wildman–Crippen MR) is 115 cm³/mol. The second kappa shape index (κ2) is 7.40. The van der Waals surface area contributed by atoms with Gasteiger partial charge in [-0.3, -0.25) is 5.32 Å². The fourth-order valence-corrected chi connectivity index (χ4v) is 5.12. The van der Waals surface area contributed by atoms with Crippen LogP contribution >= 0.6 is 11.3 Å². The summed E-state index contributed by atoms with van der Waals surface area (Å²) in [6.07, 6.45) is 4.40. The number of aromatic nitrogens is 4. The molecule has 2 aromatic heterocycles. The van der Waals surface area contributed by atoms with Crippen molar-refractivity contribution in [3.05, 3.63) is 35.1 Å². The molecular formula is C21H26N6OS. The molecule has 1 aliphatic carbocycles. The Morgan fingerprint density at radius 2 is 2.00 bits per heavy atom. The fraction of sp³-hybridized carbons (Fsp3) is 0.524. The van der Waals surface area contributed by atoms with Crippen molar-refractivity contribution in [3.63, 3.8) is 0 Å². The number of nitrogens with zero attached hydrogens (tertiary/aromatic N) is 5. The summed E-state index contributed by atoms with van der Waals surface area (Å²) in [5, 5.41) is 13.0. The van der Waals surface area contributed by atoms with Crippen LogP contribution in [0.5, 0.6) is 0 Å². The van der Waals surface area contributed by atoms with E-state index >= 15 is 0 Å².